The van der Waals surface area contributed by atoms with E-state index in [1.54, 1.807) is 0 Å². The zero-order chi connectivity index (χ0) is 16.3. The second kappa shape index (κ2) is 10.5. The number of hydrogen-bond acceptors (Lipinski definition) is 2. The molecule has 1 unspecified atom stereocenters. The smallest absolute Gasteiger partial charge is 0.131 e. The molecule has 4 heteroatoms. The molecular formula is C18H26NO2P. The fraction of sp³-hybridized carbons (Fsp3) is 0.333. The third kappa shape index (κ3) is 7.15. The molecule has 0 aliphatic rings. The number of hydrogen-bond donors (Lipinski definition) is 0. The van der Waals surface area contributed by atoms with E-state index in [9.17, 15) is 5.11 Å². The van der Waals surface area contributed by atoms with Crippen molar-refractivity contribution in [3.63, 3.8) is 0 Å². The van der Waals surface area contributed by atoms with E-state index in [0.717, 1.165) is 18.7 Å². The van der Waals surface area contributed by atoms with Gasteiger partial charge in [0.25, 0.3) is 0 Å². The third-order valence-corrected chi connectivity index (χ3v) is 4.29. The van der Waals surface area contributed by atoms with Gasteiger partial charge in [-0.25, -0.2) is 0 Å². The summed E-state index contributed by atoms with van der Waals surface area (Å²) in [7, 11) is 2.75. The highest BCUT2D eigenvalue weighted by Crippen LogP contribution is 2.17. The lowest BCUT2D eigenvalue weighted by atomic mass is 10.2. The van der Waals surface area contributed by atoms with Crippen molar-refractivity contribution in [2.45, 2.75) is 27.1 Å². The van der Waals surface area contributed by atoms with Gasteiger partial charge in [-0.05, 0) is 19.4 Å². The van der Waals surface area contributed by atoms with Crippen LogP contribution in [0.4, 0.5) is 0 Å². The Morgan fingerprint density at radius 1 is 0.864 bits per heavy atom. The maximum absolute atomic E-state index is 10.1. The third-order valence-electron chi connectivity index (χ3n) is 3.41. The summed E-state index contributed by atoms with van der Waals surface area (Å²) < 4.78 is 0.592. The predicted molar refractivity (Wildman–Crippen MR) is 92.4 cm³/mol. The van der Waals surface area contributed by atoms with E-state index >= 15 is 0 Å². The van der Waals surface area contributed by atoms with Gasteiger partial charge in [0.05, 0.1) is 0 Å². The average molecular weight is 319 g/mol. The van der Waals surface area contributed by atoms with Gasteiger partial charge >= 0.3 is 0 Å². The Morgan fingerprint density at radius 2 is 1.32 bits per heavy atom. The van der Waals surface area contributed by atoms with E-state index in [-0.39, 0.29) is 6.61 Å². The minimum absolute atomic E-state index is 0.110. The lowest BCUT2D eigenvalue weighted by Crippen LogP contribution is -2.36. The van der Waals surface area contributed by atoms with Crippen LogP contribution in [0.5, 0.6) is 0 Å². The Balaban J connectivity index is 0.000000255. The molecule has 0 aromatic heterocycles. The average Bonchev–Trinajstić information content (AvgIpc) is 2.62. The number of quaternary nitrogens is 1. The van der Waals surface area contributed by atoms with Crippen LogP contribution in [0.15, 0.2) is 60.7 Å². The van der Waals surface area contributed by atoms with Crippen molar-refractivity contribution in [3.05, 3.63) is 71.8 Å². The fourth-order valence-corrected chi connectivity index (χ4v) is 1.83. The summed E-state index contributed by atoms with van der Waals surface area (Å²) >= 11 is 0. The summed E-state index contributed by atoms with van der Waals surface area (Å²) in [5.74, 6) is 0. The van der Waals surface area contributed by atoms with Crippen LogP contribution in [-0.4, -0.2) is 17.5 Å². The molecule has 120 valence electrons. The van der Waals surface area contributed by atoms with Gasteiger partial charge in [-0.3, -0.25) is 0 Å². The highest BCUT2D eigenvalue weighted by Gasteiger charge is 2.18. The molecule has 22 heavy (non-hydrogen) atoms. The van der Waals surface area contributed by atoms with Crippen molar-refractivity contribution in [3.8, 4) is 0 Å². The van der Waals surface area contributed by atoms with Gasteiger partial charge < -0.3 is 5.11 Å². The molecule has 0 radical (unpaired) electrons. The van der Waals surface area contributed by atoms with Crippen molar-refractivity contribution >= 4 is 9.39 Å². The monoisotopic (exact) mass is 319 g/mol. The van der Waals surface area contributed by atoms with Crippen molar-refractivity contribution in [2.24, 2.45) is 0 Å². The topological polar surface area (TPSA) is 32.3 Å². The molecule has 0 aliphatic heterocycles. The normalized spacial score (nSPS) is 10.7. The van der Waals surface area contributed by atoms with E-state index in [4.69, 9.17) is 4.84 Å². The number of nitrogens with zero attached hydrogens (tertiary/aromatic N) is 1. The zero-order valence-corrected chi connectivity index (χ0v) is 14.6. The van der Waals surface area contributed by atoms with Gasteiger partial charge in [0.2, 0.25) is 0 Å². The Hall–Kier alpha value is -1.25. The SMILES string of the molecule is CC[N+](P)(CC)OCc1ccccc1.[O-]Cc1ccccc1. The number of hydroxylamine groups is 2. The maximum atomic E-state index is 10.1. The molecule has 0 aliphatic carbocycles. The fourth-order valence-electron chi connectivity index (χ4n) is 1.76. The first kappa shape index (κ1) is 18.8. The molecule has 2 rings (SSSR count). The van der Waals surface area contributed by atoms with Crippen LogP contribution in [-0.2, 0) is 18.1 Å². The molecule has 0 spiro atoms. The molecular weight excluding hydrogens is 293 g/mol. The number of benzene rings is 2. The van der Waals surface area contributed by atoms with Crippen molar-refractivity contribution in [2.75, 3.05) is 13.1 Å². The molecule has 0 amide bonds. The molecule has 3 nitrogen and oxygen atoms in total. The standard InChI is InChI=1S/C11H19NOP.C7H7O/c1-3-12(14,4-2)13-10-11-8-6-5-7-9-11;8-6-7-4-2-1-3-5-7/h5-9H,3-4,10,14H2,1-2H3;1-5H,6H2/q+1;-1. The van der Waals surface area contributed by atoms with Gasteiger partial charge in [0.15, 0.2) is 0 Å². The van der Waals surface area contributed by atoms with E-state index in [1.165, 1.54) is 5.56 Å². The molecule has 0 saturated heterocycles. The molecule has 0 fully saturated rings. The minimum atomic E-state index is -0.110. The van der Waals surface area contributed by atoms with Crippen LogP contribution in [0.1, 0.15) is 25.0 Å². The summed E-state index contributed by atoms with van der Waals surface area (Å²) in [6.45, 7) is 6.75. The summed E-state index contributed by atoms with van der Waals surface area (Å²) in [6, 6.07) is 19.5. The minimum Gasteiger partial charge on any atom is -0.851 e. The van der Waals surface area contributed by atoms with Gasteiger partial charge in [0, 0.05) is 0 Å². The van der Waals surface area contributed by atoms with Gasteiger partial charge in [-0.1, -0.05) is 66.2 Å². The van der Waals surface area contributed by atoms with E-state index in [0.29, 0.717) is 11.0 Å². The van der Waals surface area contributed by atoms with E-state index in [2.05, 4.69) is 35.4 Å². The highest BCUT2D eigenvalue weighted by atomic mass is 31.0. The Kier molecular flexibility index (Phi) is 8.95. The molecule has 2 aromatic carbocycles. The van der Waals surface area contributed by atoms with Gasteiger partial charge in [-0.15, -0.1) is 6.61 Å². The largest absolute Gasteiger partial charge is 0.851 e. The van der Waals surface area contributed by atoms with Crippen LogP contribution < -0.4 is 5.11 Å². The second-order valence-electron chi connectivity index (χ2n) is 4.97. The zero-order valence-electron chi connectivity index (χ0n) is 13.4. The van der Waals surface area contributed by atoms with Gasteiger partial charge in [0.1, 0.15) is 29.1 Å². The first-order valence-corrected chi connectivity index (χ1v) is 8.11. The predicted octanol–water partition coefficient (Wildman–Crippen LogP) is 3.31. The summed E-state index contributed by atoms with van der Waals surface area (Å²) in [5, 5.41) is 10.1. The molecule has 0 saturated carbocycles. The van der Waals surface area contributed by atoms with Crippen molar-refractivity contribution < 1.29 is 14.4 Å². The highest BCUT2D eigenvalue weighted by molar-refractivity contribution is 7.08. The van der Waals surface area contributed by atoms with Crippen LogP contribution in [0, 0.1) is 0 Å². The first-order valence-electron chi connectivity index (χ1n) is 7.59. The van der Waals surface area contributed by atoms with Crippen LogP contribution in [0.25, 0.3) is 0 Å². The number of rotatable bonds is 6. The van der Waals surface area contributed by atoms with Crippen LogP contribution in [0.3, 0.4) is 0 Å². The summed E-state index contributed by atoms with van der Waals surface area (Å²) in [6.07, 6.45) is 0. The van der Waals surface area contributed by atoms with Crippen LogP contribution >= 0.6 is 9.39 Å². The first-order chi connectivity index (χ1) is 10.6. The quantitative estimate of drug-likeness (QED) is 0.604. The Labute approximate surface area is 136 Å². The Morgan fingerprint density at radius 3 is 1.68 bits per heavy atom. The maximum Gasteiger partial charge on any atom is 0.131 e. The van der Waals surface area contributed by atoms with Crippen molar-refractivity contribution in [1.82, 2.24) is 0 Å². The lowest BCUT2D eigenvalue weighted by molar-refractivity contribution is -1.00. The molecule has 1 atom stereocenters. The molecule has 2 aromatic rings. The molecule has 0 heterocycles. The summed E-state index contributed by atoms with van der Waals surface area (Å²) in [4.78, 5) is 5.81. The Bertz CT molecular complexity index is 501. The second-order valence-corrected chi connectivity index (χ2v) is 5.91. The molecule has 0 N–H and O–H groups in total. The van der Waals surface area contributed by atoms with E-state index in [1.807, 2.05) is 48.5 Å². The van der Waals surface area contributed by atoms with Crippen LogP contribution in [0.2, 0.25) is 0 Å². The van der Waals surface area contributed by atoms with E-state index < -0.39 is 0 Å². The molecule has 0 bridgehead atoms. The van der Waals surface area contributed by atoms with Crippen molar-refractivity contribution in [1.29, 1.82) is 0 Å². The van der Waals surface area contributed by atoms with Gasteiger partial charge in [-0.2, -0.15) is 9.25 Å². The summed E-state index contributed by atoms with van der Waals surface area (Å²) in [5.41, 5.74) is 2.08. The lowest BCUT2D eigenvalue weighted by Gasteiger charge is -2.28.